The van der Waals surface area contributed by atoms with E-state index in [1.807, 2.05) is 6.92 Å². The van der Waals surface area contributed by atoms with E-state index in [2.05, 4.69) is 10.3 Å². The third-order valence-electron chi connectivity index (χ3n) is 3.78. The number of halogens is 1. The number of nitrogens with one attached hydrogen (secondary N) is 1. The van der Waals surface area contributed by atoms with Crippen molar-refractivity contribution in [1.29, 1.82) is 0 Å². The summed E-state index contributed by atoms with van der Waals surface area (Å²) in [4.78, 5) is 16.5. The minimum Gasteiger partial charge on any atom is -0.459 e. The van der Waals surface area contributed by atoms with Gasteiger partial charge in [0.25, 0.3) is 5.91 Å². The standard InChI is InChI=1S/C16H16FN3O2S/c1-16(6-8-23-15(18)20-16)10-4-5-11(17)12(9-10)19-14(21)13-3-2-7-22-13/h2-5,7,9H,6,8H2,1H3,(H2,18,20)(H,19,21). The number of furan rings is 1. The minimum absolute atomic E-state index is 0.0946. The minimum atomic E-state index is -0.521. The zero-order chi connectivity index (χ0) is 16.4. The van der Waals surface area contributed by atoms with Crippen LogP contribution in [0.25, 0.3) is 0 Å². The van der Waals surface area contributed by atoms with Crippen molar-refractivity contribution in [3.8, 4) is 0 Å². The first-order valence-corrected chi connectivity index (χ1v) is 8.09. The van der Waals surface area contributed by atoms with E-state index >= 15 is 0 Å². The number of thioether (sulfide) groups is 1. The highest BCUT2D eigenvalue weighted by molar-refractivity contribution is 8.13. The van der Waals surface area contributed by atoms with Crippen molar-refractivity contribution < 1.29 is 13.6 Å². The Balaban J connectivity index is 1.90. The number of amidine groups is 1. The van der Waals surface area contributed by atoms with Gasteiger partial charge in [0, 0.05) is 5.75 Å². The molecule has 0 aliphatic carbocycles. The SMILES string of the molecule is CC1(c2ccc(F)c(NC(=O)c3ccco3)c2)CCSC(N)=N1. The average Bonchev–Trinajstić information content (AvgIpc) is 3.03. The zero-order valence-electron chi connectivity index (χ0n) is 12.5. The van der Waals surface area contributed by atoms with Gasteiger partial charge in [-0.2, -0.15) is 0 Å². The normalized spacial score (nSPS) is 20.9. The molecule has 2 aromatic rings. The number of nitrogens with two attached hydrogens (primary N) is 1. The fraction of sp³-hybridized carbons (Fsp3) is 0.250. The molecule has 0 saturated carbocycles. The Kier molecular flexibility index (Phi) is 4.12. The third kappa shape index (κ3) is 3.24. The van der Waals surface area contributed by atoms with Crippen molar-refractivity contribution in [2.75, 3.05) is 11.1 Å². The van der Waals surface area contributed by atoms with Gasteiger partial charge in [0.1, 0.15) is 5.82 Å². The van der Waals surface area contributed by atoms with Crippen molar-refractivity contribution >= 4 is 28.5 Å². The average molecular weight is 333 g/mol. The van der Waals surface area contributed by atoms with E-state index in [1.54, 1.807) is 18.2 Å². The molecule has 0 spiro atoms. The highest BCUT2D eigenvalue weighted by atomic mass is 32.2. The monoisotopic (exact) mass is 333 g/mol. The van der Waals surface area contributed by atoms with Crippen molar-refractivity contribution in [2.45, 2.75) is 18.9 Å². The van der Waals surface area contributed by atoms with Crippen LogP contribution in [-0.4, -0.2) is 16.8 Å². The Bertz CT molecular complexity index is 761. The summed E-state index contributed by atoms with van der Waals surface area (Å²) < 4.78 is 19.0. The lowest BCUT2D eigenvalue weighted by molar-refractivity contribution is 0.0996. The summed E-state index contributed by atoms with van der Waals surface area (Å²) in [5.74, 6) is -0.0488. The Morgan fingerprint density at radius 1 is 1.48 bits per heavy atom. The molecule has 23 heavy (non-hydrogen) atoms. The molecule has 0 bridgehead atoms. The second-order valence-electron chi connectivity index (χ2n) is 5.45. The highest BCUT2D eigenvalue weighted by Gasteiger charge is 2.30. The van der Waals surface area contributed by atoms with Gasteiger partial charge in [0.05, 0.1) is 17.5 Å². The van der Waals surface area contributed by atoms with Gasteiger partial charge in [-0.15, -0.1) is 0 Å². The second-order valence-corrected chi connectivity index (χ2v) is 6.56. The number of benzene rings is 1. The van der Waals surface area contributed by atoms with Gasteiger partial charge in [0.2, 0.25) is 0 Å². The number of carbonyl (C=O) groups excluding carboxylic acids is 1. The summed E-state index contributed by atoms with van der Waals surface area (Å²) in [5, 5.41) is 3.05. The maximum Gasteiger partial charge on any atom is 0.291 e. The first-order valence-electron chi connectivity index (χ1n) is 7.11. The largest absolute Gasteiger partial charge is 0.459 e. The number of carbonyl (C=O) groups is 1. The Hall–Kier alpha value is -2.28. The molecule has 1 amide bonds. The maximum absolute atomic E-state index is 14.0. The number of hydrogen-bond acceptors (Lipinski definition) is 5. The summed E-state index contributed by atoms with van der Waals surface area (Å²) in [6, 6.07) is 7.71. The lowest BCUT2D eigenvalue weighted by Crippen LogP contribution is -2.29. The summed E-state index contributed by atoms with van der Waals surface area (Å²) in [7, 11) is 0. The number of hydrogen-bond donors (Lipinski definition) is 2. The highest BCUT2D eigenvalue weighted by Crippen LogP contribution is 2.36. The van der Waals surface area contributed by atoms with Crippen LogP contribution in [-0.2, 0) is 5.54 Å². The molecule has 1 aliphatic heterocycles. The lowest BCUT2D eigenvalue weighted by Gasteiger charge is -2.30. The summed E-state index contributed by atoms with van der Waals surface area (Å²) in [5.41, 5.74) is 6.19. The molecule has 1 aromatic heterocycles. The van der Waals surface area contributed by atoms with Crippen LogP contribution in [0.3, 0.4) is 0 Å². The first-order chi connectivity index (χ1) is 11.0. The van der Waals surface area contributed by atoms with Crippen molar-refractivity contribution in [1.82, 2.24) is 0 Å². The molecule has 1 aromatic carbocycles. The molecule has 3 N–H and O–H groups in total. The van der Waals surface area contributed by atoms with Gasteiger partial charge in [-0.25, -0.2) is 4.39 Å². The summed E-state index contributed by atoms with van der Waals surface area (Å²) >= 11 is 1.50. The van der Waals surface area contributed by atoms with Gasteiger partial charge in [-0.05, 0) is 43.2 Å². The number of nitrogens with zero attached hydrogens (tertiary/aromatic N) is 1. The Morgan fingerprint density at radius 3 is 3.00 bits per heavy atom. The maximum atomic E-state index is 14.0. The van der Waals surface area contributed by atoms with Gasteiger partial charge < -0.3 is 15.5 Å². The molecule has 0 fully saturated rings. The molecular formula is C16H16FN3O2S. The topological polar surface area (TPSA) is 80.6 Å². The van der Waals surface area contributed by atoms with Crippen molar-refractivity contribution in [2.24, 2.45) is 10.7 Å². The van der Waals surface area contributed by atoms with Crippen molar-refractivity contribution in [3.05, 3.63) is 53.7 Å². The molecule has 5 nitrogen and oxygen atoms in total. The van der Waals surface area contributed by atoms with E-state index < -0.39 is 17.3 Å². The van der Waals surface area contributed by atoms with E-state index in [0.29, 0.717) is 5.17 Å². The Morgan fingerprint density at radius 2 is 2.30 bits per heavy atom. The van der Waals surface area contributed by atoms with Crippen LogP contribution in [0, 0.1) is 5.82 Å². The van der Waals surface area contributed by atoms with Gasteiger partial charge in [-0.3, -0.25) is 9.79 Å². The van der Waals surface area contributed by atoms with Crippen molar-refractivity contribution in [3.63, 3.8) is 0 Å². The summed E-state index contributed by atoms with van der Waals surface area (Å²) in [6.07, 6.45) is 2.18. The fourth-order valence-corrected chi connectivity index (χ4v) is 3.42. The third-order valence-corrected chi connectivity index (χ3v) is 4.57. The van der Waals surface area contributed by atoms with E-state index in [9.17, 15) is 9.18 Å². The van der Waals surface area contributed by atoms with Crippen LogP contribution < -0.4 is 11.1 Å². The smallest absolute Gasteiger partial charge is 0.291 e. The lowest BCUT2D eigenvalue weighted by atomic mass is 9.89. The number of aliphatic imine (C=N–C) groups is 1. The molecule has 0 radical (unpaired) electrons. The number of anilines is 1. The van der Waals surface area contributed by atoms with E-state index in [1.165, 1.54) is 30.2 Å². The van der Waals surface area contributed by atoms with Gasteiger partial charge >= 0.3 is 0 Å². The molecule has 3 rings (SSSR count). The quantitative estimate of drug-likeness (QED) is 0.903. The molecular weight excluding hydrogens is 317 g/mol. The van der Waals surface area contributed by atoms with Crippen LogP contribution in [0.1, 0.15) is 29.5 Å². The van der Waals surface area contributed by atoms with Crippen LogP contribution in [0.15, 0.2) is 46.0 Å². The molecule has 2 heterocycles. The summed E-state index contributed by atoms with van der Waals surface area (Å²) in [6.45, 7) is 1.95. The molecule has 0 saturated heterocycles. The number of amides is 1. The van der Waals surface area contributed by atoms with Crippen LogP contribution in [0.2, 0.25) is 0 Å². The first kappa shape index (κ1) is 15.6. The Labute approximate surface area is 137 Å². The van der Waals surface area contributed by atoms with E-state index in [0.717, 1.165) is 17.7 Å². The second kappa shape index (κ2) is 6.08. The number of rotatable bonds is 3. The van der Waals surface area contributed by atoms with Crippen LogP contribution in [0.5, 0.6) is 0 Å². The molecule has 1 unspecified atom stereocenters. The van der Waals surface area contributed by atoms with Gasteiger partial charge in [0.15, 0.2) is 10.9 Å². The fourth-order valence-electron chi connectivity index (χ4n) is 2.44. The molecule has 1 atom stereocenters. The van der Waals surface area contributed by atoms with Crippen LogP contribution in [0.4, 0.5) is 10.1 Å². The molecule has 1 aliphatic rings. The molecule has 7 heteroatoms. The predicted molar refractivity (Wildman–Crippen MR) is 89.1 cm³/mol. The van der Waals surface area contributed by atoms with Gasteiger partial charge in [-0.1, -0.05) is 17.8 Å². The van der Waals surface area contributed by atoms with E-state index in [-0.39, 0.29) is 11.4 Å². The van der Waals surface area contributed by atoms with Crippen LogP contribution >= 0.6 is 11.8 Å². The molecule has 120 valence electrons. The zero-order valence-corrected chi connectivity index (χ0v) is 13.3. The predicted octanol–water partition coefficient (Wildman–Crippen LogP) is 3.34. The van der Waals surface area contributed by atoms with E-state index in [4.69, 9.17) is 10.2 Å².